The number of fused-ring (bicyclic) bond motifs is 1. The van der Waals surface area contributed by atoms with Crippen molar-refractivity contribution in [3.8, 4) is 0 Å². The monoisotopic (exact) mass is 303 g/mol. The maximum Gasteiger partial charge on any atom is 0.240 e. The van der Waals surface area contributed by atoms with Gasteiger partial charge in [-0.2, -0.15) is 0 Å². The minimum atomic E-state index is -0.693. The van der Waals surface area contributed by atoms with Crippen molar-refractivity contribution in [2.45, 2.75) is 44.1 Å². The van der Waals surface area contributed by atoms with Crippen LogP contribution in [-0.4, -0.2) is 23.0 Å². The molecule has 1 aromatic carbocycles. The molecule has 22 heavy (non-hydrogen) atoms. The van der Waals surface area contributed by atoms with Crippen LogP contribution in [0.15, 0.2) is 24.4 Å². The molecule has 1 aliphatic carbocycles. The topological polar surface area (TPSA) is 70.9 Å². The van der Waals surface area contributed by atoms with E-state index in [0.717, 1.165) is 48.6 Å². The van der Waals surface area contributed by atoms with E-state index in [1.807, 2.05) is 6.20 Å². The molecule has 1 amide bonds. The first-order valence-electron chi connectivity index (χ1n) is 7.91. The largest absolute Gasteiger partial charge is 0.361 e. The number of hydrogen-bond donors (Lipinski definition) is 3. The normalized spacial score (nSPS) is 17.5. The molecule has 4 N–H and O–H groups in total. The first-order chi connectivity index (χ1) is 10.6. The molecule has 0 atom stereocenters. The molecule has 1 heterocycles. The number of amides is 1. The number of halogens is 1. The van der Waals surface area contributed by atoms with E-state index in [-0.39, 0.29) is 11.7 Å². The van der Waals surface area contributed by atoms with Crippen molar-refractivity contribution in [2.24, 2.45) is 5.73 Å². The van der Waals surface area contributed by atoms with Crippen molar-refractivity contribution in [3.05, 3.63) is 35.8 Å². The minimum absolute atomic E-state index is 0.0434. The number of nitrogens with one attached hydrogen (secondary N) is 2. The highest BCUT2D eigenvalue weighted by molar-refractivity contribution is 5.86. The summed E-state index contributed by atoms with van der Waals surface area (Å²) in [6, 6.07) is 4.70. The Labute approximate surface area is 129 Å². The molecule has 5 heteroatoms. The Kier molecular flexibility index (Phi) is 4.16. The molecular formula is C17H22FN3O. The third-order valence-electron chi connectivity index (χ3n) is 4.61. The van der Waals surface area contributed by atoms with Crippen LogP contribution in [0.3, 0.4) is 0 Å². The molecule has 4 nitrogen and oxygen atoms in total. The van der Waals surface area contributed by atoms with Crippen LogP contribution < -0.4 is 11.1 Å². The molecule has 2 aromatic rings. The van der Waals surface area contributed by atoms with E-state index in [1.54, 1.807) is 6.07 Å². The van der Waals surface area contributed by atoms with Gasteiger partial charge in [-0.05, 0) is 43.0 Å². The first kappa shape index (κ1) is 15.0. The number of aromatic amines is 1. The van der Waals surface area contributed by atoms with Gasteiger partial charge in [-0.15, -0.1) is 0 Å². The highest BCUT2D eigenvalue weighted by Crippen LogP contribution is 2.26. The summed E-state index contributed by atoms with van der Waals surface area (Å²) < 4.78 is 13.2. The average molecular weight is 303 g/mol. The third kappa shape index (κ3) is 2.99. The lowest BCUT2D eigenvalue weighted by Crippen LogP contribution is -2.55. The molecule has 3 rings (SSSR count). The molecule has 0 radical (unpaired) electrons. The van der Waals surface area contributed by atoms with Gasteiger partial charge in [-0.3, -0.25) is 4.79 Å². The fourth-order valence-electron chi connectivity index (χ4n) is 3.26. The summed E-state index contributed by atoms with van der Waals surface area (Å²) in [5, 5.41) is 3.95. The molecule has 1 aromatic heterocycles. The molecule has 0 aliphatic heterocycles. The van der Waals surface area contributed by atoms with Crippen LogP contribution in [0.25, 0.3) is 10.9 Å². The van der Waals surface area contributed by atoms with E-state index in [4.69, 9.17) is 5.73 Å². The van der Waals surface area contributed by atoms with Crippen molar-refractivity contribution < 1.29 is 9.18 Å². The number of aromatic nitrogens is 1. The van der Waals surface area contributed by atoms with E-state index in [9.17, 15) is 9.18 Å². The number of nitrogens with two attached hydrogens (primary N) is 1. The van der Waals surface area contributed by atoms with E-state index >= 15 is 0 Å². The zero-order valence-electron chi connectivity index (χ0n) is 12.6. The van der Waals surface area contributed by atoms with Crippen LogP contribution in [-0.2, 0) is 11.2 Å². The summed E-state index contributed by atoms with van der Waals surface area (Å²) in [6.45, 7) is 0.544. The van der Waals surface area contributed by atoms with Crippen LogP contribution in [0.1, 0.15) is 37.7 Å². The van der Waals surface area contributed by atoms with Crippen molar-refractivity contribution >= 4 is 16.8 Å². The summed E-state index contributed by atoms with van der Waals surface area (Å²) in [5.74, 6) is -0.297. The van der Waals surface area contributed by atoms with Gasteiger partial charge in [0.2, 0.25) is 5.91 Å². The standard InChI is InChI=1S/C17H22FN3O/c18-13-4-5-14-12(11-21-15(14)10-13)6-9-20-16(22)17(19)7-2-1-3-8-17/h4-5,10-11,21H,1-3,6-9,19H2,(H,20,22). The Hall–Kier alpha value is -1.88. The quantitative estimate of drug-likeness (QED) is 0.812. The van der Waals surface area contributed by atoms with Gasteiger partial charge in [0, 0.05) is 23.6 Å². The highest BCUT2D eigenvalue weighted by Gasteiger charge is 2.34. The second-order valence-corrected chi connectivity index (χ2v) is 6.23. The van der Waals surface area contributed by atoms with Crippen molar-refractivity contribution in [1.82, 2.24) is 10.3 Å². The molecule has 0 spiro atoms. The number of H-pyrrole nitrogens is 1. The predicted octanol–water partition coefficient (Wildman–Crippen LogP) is 2.63. The molecular weight excluding hydrogens is 281 g/mol. The maximum atomic E-state index is 13.2. The number of carbonyl (C=O) groups is 1. The van der Waals surface area contributed by atoms with Crippen LogP contribution in [0.4, 0.5) is 4.39 Å². The minimum Gasteiger partial charge on any atom is -0.361 e. The van der Waals surface area contributed by atoms with Gasteiger partial charge in [-0.25, -0.2) is 4.39 Å². The SMILES string of the molecule is NC1(C(=O)NCCc2c[nH]c3cc(F)ccc23)CCCCC1. The van der Waals surface area contributed by atoms with Gasteiger partial charge in [-0.1, -0.05) is 19.3 Å². The zero-order chi connectivity index (χ0) is 15.6. The summed E-state index contributed by atoms with van der Waals surface area (Å²) >= 11 is 0. The smallest absolute Gasteiger partial charge is 0.240 e. The molecule has 1 saturated carbocycles. The Bertz CT molecular complexity index is 674. The zero-order valence-corrected chi connectivity index (χ0v) is 12.6. The molecule has 0 saturated heterocycles. The Morgan fingerprint density at radius 3 is 2.86 bits per heavy atom. The van der Waals surface area contributed by atoms with E-state index in [2.05, 4.69) is 10.3 Å². The molecule has 0 unspecified atom stereocenters. The Morgan fingerprint density at radius 1 is 1.32 bits per heavy atom. The lowest BCUT2D eigenvalue weighted by molar-refractivity contribution is -0.127. The Morgan fingerprint density at radius 2 is 2.09 bits per heavy atom. The number of hydrogen-bond acceptors (Lipinski definition) is 2. The van der Waals surface area contributed by atoms with Gasteiger partial charge in [0.15, 0.2) is 0 Å². The van der Waals surface area contributed by atoms with Crippen molar-refractivity contribution in [2.75, 3.05) is 6.54 Å². The molecule has 1 fully saturated rings. The van der Waals surface area contributed by atoms with Crippen LogP contribution in [0.5, 0.6) is 0 Å². The lowest BCUT2D eigenvalue weighted by atomic mass is 9.82. The summed E-state index contributed by atoms with van der Waals surface area (Å²) in [6.07, 6.45) is 7.33. The third-order valence-corrected chi connectivity index (χ3v) is 4.61. The second-order valence-electron chi connectivity index (χ2n) is 6.23. The van der Waals surface area contributed by atoms with Gasteiger partial charge in [0.25, 0.3) is 0 Å². The van der Waals surface area contributed by atoms with E-state index in [0.29, 0.717) is 13.0 Å². The summed E-state index contributed by atoms with van der Waals surface area (Å²) in [7, 11) is 0. The van der Waals surface area contributed by atoms with Gasteiger partial charge in [0.05, 0.1) is 5.54 Å². The average Bonchev–Trinajstić information content (AvgIpc) is 2.90. The molecule has 1 aliphatic rings. The number of benzene rings is 1. The van der Waals surface area contributed by atoms with Crippen molar-refractivity contribution in [3.63, 3.8) is 0 Å². The fourth-order valence-corrected chi connectivity index (χ4v) is 3.26. The second kappa shape index (κ2) is 6.08. The van der Waals surface area contributed by atoms with Crippen LogP contribution in [0.2, 0.25) is 0 Å². The first-order valence-corrected chi connectivity index (χ1v) is 7.91. The lowest BCUT2D eigenvalue weighted by Gasteiger charge is -2.31. The van der Waals surface area contributed by atoms with Gasteiger partial charge >= 0.3 is 0 Å². The maximum absolute atomic E-state index is 13.2. The number of rotatable bonds is 4. The van der Waals surface area contributed by atoms with Gasteiger partial charge < -0.3 is 16.0 Å². The van der Waals surface area contributed by atoms with E-state index < -0.39 is 5.54 Å². The number of carbonyl (C=O) groups excluding carboxylic acids is 1. The summed E-state index contributed by atoms with van der Waals surface area (Å²) in [4.78, 5) is 15.3. The summed E-state index contributed by atoms with van der Waals surface area (Å²) in [5.41, 5.74) is 7.37. The predicted molar refractivity (Wildman–Crippen MR) is 85.0 cm³/mol. The van der Waals surface area contributed by atoms with Crippen LogP contribution >= 0.6 is 0 Å². The van der Waals surface area contributed by atoms with Gasteiger partial charge in [0.1, 0.15) is 5.82 Å². The highest BCUT2D eigenvalue weighted by atomic mass is 19.1. The fraction of sp³-hybridized carbons (Fsp3) is 0.471. The Balaban J connectivity index is 1.59. The van der Waals surface area contributed by atoms with Crippen LogP contribution in [0, 0.1) is 5.82 Å². The van der Waals surface area contributed by atoms with Crippen molar-refractivity contribution in [1.29, 1.82) is 0 Å². The molecule has 0 bridgehead atoms. The molecule has 118 valence electrons. The van der Waals surface area contributed by atoms with E-state index in [1.165, 1.54) is 12.1 Å².